The summed E-state index contributed by atoms with van der Waals surface area (Å²) in [7, 11) is -4.20. The summed E-state index contributed by atoms with van der Waals surface area (Å²) in [6.07, 6.45) is 7.96. The fourth-order valence-electron chi connectivity index (χ4n) is 4.52. The van der Waals surface area contributed by atoms with Crippen LogP contribution in [-0.4, -0.2) is 68.1 Å². The summed E-state index contributed by atoms with van der Waals surface area (Å²) >= 11 is 12.0. The smallest absolute Gasteiger partial charge is 0.338 e. The van der Waals surface area contributed by atoms with Gasteiger partial charge in [-0.1, -0.05) is 37.0 Å². The molecule has 0 atom stereocenters. The first-order valence-corrected chi connectivity index (χ1v) is 18.1. The zero-order valence-corrected chi connectivity index (χ0v) is 30.1. The lowest BCUT2D eigenvalue weighted by molar-refractivity contribution is 0.0696. The van der Waals surface area contributed by atoms with E-state index < -0.39 is 27.7 Å². The van der Waals surface area contributed by atoms with Crippen LogP contribution in [0.25, 0.3) is 11.6 Å². The molecule has 2 aliphatic rings. The molecule has 7 rings (SSSR count). The molecule has 0 bridgehead atoms. The Kier molecular flexibility index (Phi) is 10.3. The molecule has 14 nitrogen and oxygen atoms in total. The van der Waals surface area contributed by atoms with Crippen LogP contribution in [0.5, 0.6) is 11.8 Å². The zero-order chi connectivity index (χ0) is 37.3. The van der Waals surface area contributed by atoms with Gasteiger partial charge in [-0.3, -0.25) is 4.79 Å². The highest BCUT2D eigenvalue weighted by atomic mass is 35.5. The van der Waals surface area contributed by atoms with Crippen molar-refractivity contribution < 1.29 is 37.0 Å². The van der Waals surface area contributed by atoms with Crippen molar-refractivity contribution in [2.75, 3.05) is 13.2 Å². The molecule has 0 radical (unpaired) electrons. The largest absolute Gasteiger partial charge is 0.478 e. The summed E-state index contributed by atoms with van der Waals surface area (Å²) in [4.78, 5) is 31.2. The van der Waals surface area contributed by atoms with Crippen molar-refractivity contribution >= 4 is 45.1 Å². The van der Waals surface area contributed by atoms with Crippen molar-refractivity contribution in [1.82, 2.24) is 34.3 Å². The number of halogens is 3. The van der Waals surface area contributed by atoms with Gasteiger partial charge in [-0.15, -0.1) is 10.2 Å². The first-order valence-electron chi connectivity index (χ1n) is 15.9. The van der Waals surface area contributed by atoms with Crippen molar-refractivity contribution in [3.05, 3.63) is 100 Å². The van der Waals surface area contributed by atoms with Crippen LogP contribution in [0.4, 0.5) is 4.39 Å². The van der Waals surface area contributed by atoms with E-state index in [4.69, 9.17) is 37.8 Å². The van der Waals surface area contributed by atoms with Gasteiger partial charge in [0.25, 0.3) is 15.9 Å². The number of pyridine rings is 2. The standard InChI is InChI=1S/C20H18ClFN4O4S.C14H14ClN3O3/c1-20(9-10-20)12-30-17-8-11-26(24-17)16-7-6-15(18(21)23-16)19(27)25-31(28,29)14-4-2-13(22)3-5-14;1-14(5-6-14)8-21-11-4-7-18(17-11)10-3-2-9(13(19)20)12(15)16-10/h2-8,11H,9-10,12H2,1H3,(H,25,27);2-4,7H,5-6,8H2,1H3,(H,19,20). The van der Waals surface area contributed by atoms with Crippen LogP contribution >= 0.6 is 23.2 Å². The average molecular weight is 773 g/mol. The summed E-state index contributed by atoms with van der Waals surface area (Å²) in [5, 5.41) is 17.2. The number of aromatic nitrogens is 6. The number of rotatable bonds is 12. The van der Waals surface area contributed by atoms with Crippen LogP contribution < -0.4 is 14.2 Å². The van der Waals surface area contributed by atoms with Crippen molar-refractivity contribution in [2.24, 2.45) is 10.8 Å². The van der Waals surface area contributed by atoms with Crippen LogP contribution in [0.15, 0.2) is 78.0 Å². The molecule has 0 spiro atoms. The first-order chi connectivity index (χ1) is 24.6. The summed E-state index contributed by atoms with van der Waals surface area (Å²) < 4.78 is 53.8. The molecule has 52 heavy (non-hydrogen) atoms. The van der Waals surface area contributed by atoms with Crippen LogP contribution in [0.2, 0.25) is 10.3 Å². The highest BCUT2D eigenvalue weighted by Gasteiger charge is 2.39. The number of carboxylic acids is 1. The number of sulfonamides is 1. The predicted molar refractivity (Wildman–Crippen MR) is 186 cm³/mol. The SMILES string of the molecule is CC1(COc2ccn(-c3ccc(C(=O)NS(=O)(=O)c4ccc(F)cc4)c(Cl)n3)n2)CC1.CC1(COc2ccn(-c3ccc(C(=O)O)c(Cl)n3)n2)CC1. The topological polar surface area (TPSA) is 180 Å². The second kappa shape index (κ2) is 14.5. The number of carboxylic acid groups (broad SMARTS) is 1. The van der Waals surface area contributed by atoms with Gasteiger partial charge in [-0.2, -0.15) is 0 Å². The molecule has 0 saturated heterocycles. The molecule has 2 fully saturated rings. The third-order valence-corrected chi connectivity index (χ3v) is 10.4. The van der Waals surface area contributed by atoms with E-state index in [0.717, 1.165) is 37.1 Å². The summed E-state index contributed by atoms with van der Waals surface area (Å²) in [5.74, 6) is -0.937. The molecule has 1 amide bonds. The van der Waals surface area contributed by atoms with Crippen LogP contribution in [0, 0.1) is 16.6 Å². The third kappa shape index (κ3) is 9.05. The molecular formula is C34H32Cl2FN7O7S. The molecular weight excluding hydrogens is 740 g/mol. The Balaban J connectivity index is 0.000000192. The number of ether oxygens (including phenoxy) is 2. The van der Waals surface area contributed by atoms with E-state index in [-0.39, 0.29) is 37.2 Å². The molecule has 272 valence electrons. The Hall–Kier alpha value is -5.06. The molecule has 1 aromatic carbocycles. The number of hydrogen-bond donors (Lipinski definition) is 2. The third-order valence-electron chi connectivity index (χ3n) is 8.44. The Morgan fingerprint density at radius 1 is 0.788 bits per heavy atom. The maximum Gasteiger partial charge on any atom is 0.338 e. The fourth-order valence-corrected chi connectivity index (χ4v) is 5.95. The van der Waals surface area contributed by atoms with E-state index in [2.05, 4.69) is 34.0 Å². The lowest BCUT2D eigenvalue weighted by Gasteiger charge is -2.09. The summed E-state index contributed by atoms with van der Waals surface area (Å²) in [5.41, 5.74) is 0.329. The summed E-state index contributed by atoms with van der Waals surface area (Å²) in [6.45, 7) is 5.55. The van der Waals surface area contributed by atoms with Gasteiger partial charge < -0.3 is 14.6 Å². The molecule has 18 heteroatoms. The fraction of sp³-hybridized carbons (Fsp3) is 0.294. The minimum absolute atomic E-state index is 0.0364. The number of amides is 1. The lowest BCUT2D eigenvalue weighted by Crippen LogP contribution is -2.31. The van der Waals surface area contributed by atoms with Gasteiger partial charge in [0.05, 0.1) is 29.2 Å². The Morgan fingerprint density at radius 3 is 1.67 bits per heavy atom. The van der Waals surface area contributed by atoms with Crippen LogP contribution in [-0.2, 0) is 10.0 Å². The molecule has 2 saturated carbocycles. The molecule has 2 aliphatic carbocycles. The van der Waals surface area contributed by atoms with Gasteiger partial charge in [0, 0.05) is 35.4 Å². The second-order valence-corrected chi connectivity index (χ2v) is 15.5. The lowest BCUT2D eigenvalue weighted by atomic mass is 10.2. The molecule has 2 N–H and O–H groups in total. The normalized spacial score (nSPS) is 15.2. The first kappa shape index (κ1) is 36.7. The minimum atomic E-state index is -4.20. The highest BCUT2D eigenvalue weighted by Crippen LogP contribution is 2.45. The van der Waals surface area contributed by atoms with Crippen LogP contribution in [0.3, 0.4) is 0 Å². The van der Waals surface area contributed by atoms with E-state index >= 15 is 0 Å². The second-order valence-electron chi connectivity index (χ2n) is 13.1. The Labute approximate surface area is 307 Å². The molecule has 0 unspecified atom stereocenters. The number of benzene rings is 1. The molecule has 0 aliphatic heterocycles. The average Bonchev–Trinajstić information content (AvgIpc) is 3.86. The molecule has 4 aromatic heterocycles. The van der Waals surface area contributed by atoms with E-state index in [1.807, 2.05) is 4.72 Å². The number of nitrogens with one attached hydrogen (secondary N) is 1. The van der Waals surface area contributed by atoms with Gasteiger partial charge in [0.2, 0.25) is 11.8 Å². The quantitative estimate of drug-likeness (QED) is 0.139. The van der Waals surface area contributed by atoms with Crippen molar-refractivity contribution in [3.63, 3.8) is 0 Å². The van der Waals surface area contributed by atoms with Crippen molar-refractivity contribution in [3.8, 4) is 23.4 Å². The van der Waals surface area contributed by atoms with E-state index in [0.29, 0.717) is 36.6 Å². The van der Waals surface area contributed by atoms with E-state index in [1.165, 1.54) is 40.4 Å². The number of carbonyl (C=O) groups is 2. The zero-order valence-electron chi connectivity index (χ0n) is 27.8. The van der Waals surface area contributed by atoms with Crippen molar-refractivity contribution in [1.29, 1.82) is 0 Å². The Morgan fingerprint density at radius 2 is 1.25 bits per heavy atom. The number of carbonyl (C=O) groups excluding carboxylic acids is 1. The number of aromatic carboxylic acids is 1. The van der Waals surface area contributed by atoms with Crippen LogP contribution in [0.1, 0.15) is 60.2 Å². The minimum Gasteiger partial charge on any atom is -0.478 e. The van der Waals surface area contributed by atoms with Gasteiger partial charge in [-0.05, 0) is 74.2 Å². The van der Waals surface area contributed by atoms with Gasteiger partial charge >= 0.3 is 5.97 Å². The summed E-state index contributed by atoms with van der Waals surface area (Å²) in [6, 6.07) is 13.3. The maximum atomic E-state index is 13.0. The maximum absolute atomic E-state index is 13.0. The van der Waals surface area contributed by atoms with Gasteiger partial charge in [-0.25, -0.2) is 41.7 Å². The van der Waals surface area contributed by atoms with Crippen molar-refractivity contribution in [2.45, 2.75) is 44.4 Å². The Bertz CT molecular complexity index is 2240. The van der Waals surface area contributed by atoms with E-state index in [1.54, 1.807) is 30.6 Å². The number of hydrogen-bond acceptors (Lipinski definition) is 10. The predicted octanol–water partition coefficient (Wildman–Crippen LogP) is 6.16. The highest BCUT2D eigenvalue weighted by molar-refractivity contribution is 7.90. The van der Waals surface area contributed by atoms with Gasteiger partial charge in [0.1, 0.15) is 16.1 Å². The number of nitrogens with zero attached hydrogens (tertiary/aromatic N) is 6. The molecule has 5 aromatic rings. The molecule has 4 heterocycles. The van der Waals surface area contributed by atoms with E-state index in [9.17, 15) is 22.4 Å². The van der Waals surface area contributed by atoms with Gasteiger partial charge in [0.15, 0.2) is 11.6 Å². The monoisotopic (exact) mass is 771 g/mol.